The van der Waals surface area contributed by atoms with Crippen LogP contribution in [0.5, 0.6) is 0 Å². The maximum atomic E-state index is 12.9. The Morgan fingerprint density at radius 1 is 1.14 bits per heavy atom. The molecule has 4 fully saturated rings. The molecule has 4 heteroatoms. The zero-order valence-electron chi connectivity index (χ0n) is 17.5. The van der Waals surface area contributed by atoms with E-state index in [1.165, 1.54) is 25.7 Å². The van der Waals surface area contributed by atoms with Crippen molar-refractivity contribution in [2.24, 2.45) is 41.5 Å². The van der Waals surface area contributed by atoms with Gasteiger partial charge in [0.25, 0.3) is 0 Å². The molecule has 28 heavy (non-hydrogen) atoms. The first-order valence-electron chi connectivity index (χ1n) is 11.2. The molecule has 0 radical (unpaired) electrons. The van der Waals surface area contributed by atoms with Crippen LogP contribution in [0.1, 0.15) is 70.8 Å². The lowest BCUT2D eigenvalue weighted by molar-refractivity contribution is -0.134. The van der Waals surface area contributed by atoms with Crippen molar-refractivity contribution in [2.45, 2.75) is 71.3 Å². The Balaban J connectivity index is 1.46. The molecule has 0 spiro atoms. The van der Waals surface area contributed by atoms with Gasteiger partial charge >= 0.3 is 0 Å². The summed E-state index contributed by atoms with van der Waals surface area (Å²) in [5.41, 5.74) is 2.39. The highest BCUT2D eigenvalue weighted by atomic mass is 16.3. The number of carbonyl (C=O) groups is 1. The summed E-state index contributed by atoms with van der Waals surface area (Å²) in [6, 6.07) is 0. The Morgan fingerprint density at radius 2 is 1.93 bits per heavy atom. The van der Waals surface area contributed by atoms with Gasteiger partial charge in [-0.05, 0) is 91.1 Å². The Morgan fingerprint density at radius 3 is 2.68 bits per heavy atom. The maximum absolute atomic E-state index is 12.9. The van der Waals surface area contributed by atoms with E-state index in [0.29, 0.717) is 23.5 Å². The first-order chi connectivity index (χ1) is 13.3. The molecule has 1 N–H and O–H groups in total. The summed E-state index contributed by atoms with van der Waals surface area (Å²) < 4.78 is 1.80. The van der Waals surface area contributed by atoms with Crippen molar-refractivity contribution in [3.05, 3.63) is 23.5 Å². The lowest BCUT2D eigenvalue weighted by atomic mass is 9.45. The summed E-state index contributed by atoms with van der Waals surface area (Å²) in [6.07, 6.45) is 14.4. The molecule has 0 unspecified atom stereocenters. The fourth-order valence-corrected chi connectivity index (χ4v) is 7.83. The van der Waals surface area contributed by atoms with Crippen LogP contribution in [-0.4, -0.2) is 26.8 Å². The van der Waals surface area contributed by atoms with Crippen LogP contribution < -0.4 is 0 Å². The van der Waals surface area contributed by atoms with E-state index in [9.17, 15) is 9.90 Å². The second kappa shape index (κ2) is 6.29. The van der Waals surface area contributed by atoms with Gasteiger partial charge in [-0.15, -0.1) is 0 Å². The van der Waals surface area contributed by atoms with E-state index < -0.39 is 0 Å². The molecule has 0 aliphatic heterocycles. The van der Waals surface area contributed by atoms with Crippen molar-refractivity contribution in [3.63, 3.8) is 0 Å². The quantitative estimate of drug-likeness (QED) is 0.733. The third-order valence-corrected chi connectivity index (χ3v) is 9.44. The van der Waals surface area contributed by atoms with Crippen molar-refractivity contribution >= 4 is 11.9 Å². The normalized spacial score (nSPS) is 46.9. The average Bonchev–Trinajstić information content (AvgIpc) is 3.19. The van der Waals surface area contributed by atoms with Gasteiger partial charge < -0.3 is 5.11 Å². The molecule has 0 aromatic carbocycles. The number of aromatic nitrogens is 2. The lowest BCUT2D eigenvalue weighted by Gasteiger charge is -2.60. The number of aryl methyl sites for hydroxylation is 1. The van der Waals surface area contributed by atoms with Crippen molar-refractivity contribution < 1.29 is 9.90 Å². The Kier molecular flexibility index (Phi) is 4.18. The molecule has 1 aromatic rings. The van der Waals surface area contributed by atoms with E-state index in [1.807, 2.05) is 19.4 Å². The predicted octanol–water partition coefficient (Wildman–Crippen LogP) is 4.39. The number of rotatable bonds is 1. The molecular formula is C24H34N2O2. The minimum Gasteiger partial charge on any atom is -0.393 e. The number of hydrogen-bond donors (Lipinski definition) is 1. The van der Waals surface area contributed by atoms with Gasteiger partial charge in [0.2, 0.25) is 0 Å². The fraction of sp³-hybridized carbons (Fsp3) is 0.750. The zero-order chi connectivity index (χ0) is 19.7. The second-order valence-electron chi connectivity index (χ2n) is 10.7. The van der Waals surface area contributed by atoms with Crippen molar-refractivity contribution in [2.75, 3.05) is 0 Å². The van der Waals surface area contributed by atoms with Gasteiger partial charge in [-0.1, -0.05) is 13.8 Å². The molecule has 1 heterocycles. The van der Waals surface area contributed by atoms with Crippen LogP contribution in [0.4, 0.5) is 0 Å². The molecule has 5 rings (SSSR count). The third-order valence-electron chi connectivity index (χ3n) is 9.44. The number of ketones is 1. The SMILES string of the molecule is Cn1cc(/C=C2/C[C@@]3(C)[C@H](CC[C@@H]4[C@@H]3CC[C@]3(C)[C@H](O)CC[C@@H]43)CC2=O)cn1. The van der Waals surface area contributed by atoms with E-state index in [1.54, 1.807) is 4.68 Å². The monoisotopic (exact) mass is 382 g/mol. The van der Waals surface area contributed by atoms with Gasteiger partial charge in [-0.2, -0.15) is 5.10 Å². The molecule has 0 saturated heterocycles. The van der Waals surface area contributed by atoms with Crippen molar-refractivity contribution in [3.8, 4) is 0 Å². The maximum Gasteiger partial charge on any atom is 0.159 e. The number of carbonyl (C=O) groups excluding carboxylic acids is 1. The standard InChI is InChI=1S/C24H34N2O2/c1-23-9-8-20-18(19(23)6-7-22(23)28)5-4-17-11-21(27)16(12-24(17,20)2)10-15-13-25-26(3)14-15/h10,13-14,17-20,22,28H,4-9,11-12H2,1-3H3/b16-10-/t17-,18+,19+,20+,22-,23+,24+/m1/s1. The number of hydrogen-bond acceptors (Lipinski definition) is 3. The molecule has 4 nitrogen and oxygen atoms in total. The number of Topliss-reactive ketones (excluding diaryl/α,β-unsaturated/α-hetero) is 1. The summed E-state index contributed by atoms with van der Waals surface area (Å²) in [7, 11) is 1.92. The van der Waals surface area contributed by atoms with Crippen LogP contribution in [-0.2, 0) is 11.8 Å². The van der Waals surface area contributed by atoms with E-state index in [-0.39, 0.29) is 16.9 Å². The van der Waals surface area contributed by atoms with E-state index in [4.69, 9.17) is 0 Å². The summed E-state index contributed by atoms with van der Waals surface area (Å²) in [5.74, 6) is 2.97. The van der Waals surface area contributed by atoms with E-state index in [0.717, 1.165) is 42.7 Å². The van der Waals surface area contributed by atoms with E-state index in [2.05, 4.69) is 25.0 Å². The number of aliphatic hydroxyl groups excluding tert-OH is 1. The van der Waals surface area contributed by atoms with Crippen molar-refractivity contribution in [1.82, 2.24) is 9.78 Å². The van der Waals surface area contributed by atoms with Gasteiger partial charge in [0, 0.05) is 25.2 Å². The van der Waals surface area contributed by atoms with E-state index >= 15 is 0 Å². The molecule has 4 aliphatic carbocycles. The summed E-state index contributed by atoms with van der Waals surface area (Å²) >= 11 is 0. The highest BCUT2D eigenvalue weighted by Gasteiger charge is 2.60. The predicted molar refractivity (Wildman–Crippen MR) is 109 cm³/mol. The smallest absolute Gasteiger partial charge is 0.159 e. The van der Waals surface area contributed by atoms with Crippen LogP contribution in [0, 0.1) is 34.5 Å². The Labute approximate surface area is 168 Å². The average molecular weight is 383 g/mol. The number of nitrogens with zero attached hydrogens (tertiary/aromatic N) is 2. The minimum atomic E-state index is -0.113. The first kappa shape index (κ1) is 18.6. The van der Waals surface area contributed by atoms with Gasteiger partial charge in [-0.3, -0.25) is 9.48 Å². The molecule has 4 aliphatic rings. The molecule has 152 valence electrons. The van der Waals surface area contributed by atoms with Crippen LogP contribution in [0.25, 0.3) is 6.08 Å². The van der Waals surface area contributed by atoms with Gasteiger partial charge in [0.1, 0.15) is 0 Å². The molecule has 4 saturated carbocycles. The third kappa shape index (κ3) is 2.59. The fourth-order valence-electron chi connectivity index (χ4n) is 7.83. The minimum absolute atomic E-state index is 0.113. The topological polar surface area (TPSA) is 55.1 Å². The van der Waals surface area contributed by atoms with Gasteiger partial charge in [0.05, 0.1) is 12.3 Å². The second-order valence-corrected chi connectivity index (χ2v) is 10.7. The molecule has 7 atom stereocenters. The Bertz CT molecular complexity index is 826. The van der Waals surface area contributed by atoms with Crippen LogP contribution in [0.2, 0.25) is 0 Å². The highest BCUT2D eigenvalue weighted by molar-refractivity contribution is 6.00. The molecule has 0 bridgehead atoms. The van der Waals surface area contributed by atoms with Crippen LogP contribution in [0.15, 0.2) is 18.0 Å². The van der Waals surface area contributed by atoms with Gasteiger partial charge in [-0.25, -0.2) is 0 Å². The molecule has 1 aromatic heterocycles. The first-order valence-corrected chi connectivity index (χ1v) is 11.2. The van der Waals surface area contributed by atoms with Crippen LogP contribution >= 0.6 is 0 Å². The van der Waals surface area contributed by atoms with Crippen molar-refractivity contribution in [1.29, 1.82) is 0 Å². The highest BCUT2D eigenvalue weighted by Crippen LogP contribution is 2.66. The summed E-state index contributed by atoms with van der Waals surface area (Å²) in [6.45, 7) is 4.82. The Hall–Kier alpha value is -1.42. The number of aliphatic hydroxyl groups is 1. The van der Waals surface area contributed by atoms with Gasteiger partial charge in [0.15, 0.2) is 5.78 Å². The summed E-state index contributed by atoms with van der Waals surface area (Å²) in [5, 5.41) is 14.9. The molecule has 0 amide bonds. The zero-order valence-corrected chi connectivity index (χ0v) is 17.5. The number of fused-ring (bicyclic) bond motifs is 5. The lowest BCUT2D eigenvalue weighted by Crippen LogP contribution is -2.54. The largest absolute Gasteiger partial charge is 0.393 e. The van der Waals surface area contributed by atoms with Crippen LogP contribution in [0.3, 0.4) is 0 Å². The number of allylic oxidation sites excluding steroid dienone is 1. The summed E-state index contributed by atoms with van der Waals surface area (Å²) in [4.78, 5) is 12.9. The molecular weight excluding hydrogens is 348 g/mol.